The quantitative estimate of drug-likeness (QED) is 0.271. The van der Waals surface area contributed by atoms with Crippen molar-refractivity contribution < 1.29 is 14.1 Å². The molecule has 2 aliphatic carbocycles. The molecule has 3 nitrogen and oxygen atoms in total. The molecule has 1 aromatic rings. The molecule has 0 bridgehead atoms. The molecule has 4 heteroatoms. The van der Waals surface area contributed by atoms with E-state index in [0.717, 1.165) is 23.5 Å². The van der Waals surface area contributed by atoms with E-state index in [-0.39, 0.29) is 11.5 Å². The largest absolute Gasteiger partial charge is 0.563 e. The number of hydrogen-bond acceptors (Lipinski definition) is 3. The van der Waals surface area contributed by atoms with E-state index in [1.807, 2.05) is 12.1 Å². The summed E-state index contributed by atoms with van der Waals surface area (Å²) in [5.41, 5.74) is 1.18. The van der Waals surface area contributed by atoms with E-state index in [1.54, 1.807) is 7.11 Å². The van der Waals surface area contributed by atoms with Crippen LogP contribution in [0.5, 0.6) is 5.75 Å². The second-order valence-corrected chi connectivity index (χ2v) is 11.1. The van der Waals surface area contributed by atoms with Gasteiger partial charge in [-0.1, -0.05) is 104 Å². The number of rotatable bonds is 10. The fourth-order valence-corrected chi connectivity index (χ4v) is 5.48. The molecule has 1 aromatic carbocycles. The monoisotopic (exact) mass is 440 g/mol. The van der Waals surface area contributed by atoms with Gasteiger partial charge in [0.1, 0.15) is 5.75 Å². The van der Waals surface area contributed by atoms with Crippen LogP contribution in [0.4, 0.5) is 0 Å². The maximum Gasteiger partial charge on any atom is 0.363 e. The zero-order chi connectivity index (χ0) is 23.0. The molecule has 0 heterocycles. The minimum Gasteiger partial charge on any atom is -0.563 e. The average Bonchev–Trinajstić information content (AvgIpc) is 2.81. The fourth-order valence-electron chi connectivity index (χ4n) is 5.48. The lowest BCUT2D eigenvalue weighted by Gasteiger charge is -2.37. The van der Waals surface area contributed by atoms with Gasteiger partial charge in [-0.15, -0.1) is 0 Å². The Hall–Kier alpha value is -1.42. The lowest BCUT2D eigenvalue weighted by Crippen LogP contribution is -2.35. The summed E-state index contributed by atoms with van der Waals surface area (Å²) >= 11 is 0. The van der Waals surface area contributed by atoms with Crippen molar-refractivity contribution in [1.82, 2.24) is 0 Å². The lowest BCUT2D eigenvalue weighted by atomic mass is 9.41. The predicted molar refractivity (Wildman–Crippen MR) is 135 cm³/mol. The van der Waals surface area contributed by atoms with Crippen molar-refractivity contribution in [2.45, 2.75) is 116 Å². The van der Waals surface area contributed by atoms with Gasteiger partial charge in [0.25, 0.3) is 0 Å². The highest BCUT2D eigenvalue weighted by molar-refractivity contribution is 6.55. The molecule has 2 fully saturated rings. The normalized spacial score (nSPS) is 19.4. The Balaban J connectivity index is 1.61. The van der Waals surface area contributed by atoms with Gasteiger partial charge in [0.05, 0.1) is 25.6 Å². The molecule has 2 aliphatic rings. The Morgan fingerprint density at radius 3 is 1.94 bits per heavy atom. The van der Waals surface area contributed by atoms with E-state index >= 15 is 0 Å². The van der Waals surface area contributed by atoms with Crippen LogP contribution in [0.2, 0.25) is 11.6 Å². The predicted octanol–water partition coefficient (Wildman–Crippen LogP) is 8.21. The van der Waals surface area contributed by atoms with E-state index in [9.17, 15) is 0 Å². The van der Waals surface area contributed by atoms with Crippen LogP contribution >= 0.6 is 0 Å². The molecule has 0 aliphatic heterocycles. The van der Waals surface area contributed by atoms with Gasteiger partial charge in [-0.05, 0) is 34.7 Å². The van der Waals surface area contributed by atoms with Crippen LogP contribution in [-0.4, -0.2) is 20.1 Å². The van der Waals surface area contributed by atoms with Gasteiger partial charge in [-0.2, -0.15) is 0 Å². The van der Waals surface area contributed by atoms with E-state index in [2.05, 4.69) is 39.5 Å². The molecular weight excluding hydrogens is 395 g/mol. The van der Waals surface area contributed by atoms with E-state index < -0.39 is 0 Å². The van der Waals surface area contributed by atoms with Gasteiger partial charge in [-0.25, -0.2) is 0 Å². The average molecular weight is 440 g/mol. The van der Waals surface area contributed by atoms with Gasteiger partial charge in [0, 0.05) is 6.42 Å². The lowest BCUT2D eigenvalue weighted by molar-refractivity contribution is -0.0318. The highest BCUT2D eigenvalue weighted by Gasteiger charge is 2.39. The SMILES string of the molecule is C=C(C[C@@H](OCc1ccc(OC)cc1)C(C)(C)C)OB(C1CCCCC1)C1CCCCC1. The summed E-state index contributed by atoms with van der Waals surface area (Å²) < 4.78 is 18.4. The first-order chi connectivity index (χ1) is 15.4. The van der Waals surface area contributed by atoms with Gasteiger partial charge >= 0.3 is 6.92 Å². The fraction of sp³-hybridized carbons (Fsp3) is 0.714. The Kier molecular flexibility index (Phi) is 9.58. The maximum absolute atomic E-state index is 6.75. The molecule has 0 unspecified atom stereocenters. The third kappa shape index (κ3) is 7.58. The minimum absolute atomic E-state index is 0.0178. The van der Waals surface area contributed by atoms with E-state index in [0.29, 0.717) is 25.2 Å². The van der Waals surface area contributed by atoms with Crippen molar-refractivity contribution in [1.29, 1.82) is 0 Å². The Morgan fingerprint density at radius 2 is 1.47 bits per heavy atom. The molecule has 0 spiro atoms. The smallest absolute Gasteiger partial charge is 0.363 e. The van der Waals surface area contributed by atoms with Crippen LogP contribution < -0.4 is 4.74 Å². The molecule has 1 atom stereocenters. The van der Waals surface area contributed by atoms with Crippen LogP contribution in [-0.2, 0) is 16.0 Å². The number of methoxy groups -OCH3 is 1. The van der Waals surface area contributed by atoms with Crippen LogP contribution in [0, 0.1) is 5.41 Å². The van der Waals surface area contributed by atoms with Crippen LogP contribution in [0.1, 0.15) is 97.0 Å². The first-order valence-corrected chi connectivity index (χ1v) is 13.0. The summed E-state index contributed by atoms with van der Waals surface area (Å²) in [4.78, 5) is 0. The Labute approximate surface area is 197 Å². The highest BCUT2D eigenvalue weighted by Crippen LogP contribution is 2.43. The zero-order valence-electron chi connectivity index (χ0n) is 21.0. The molecule has 0 aromatic heterocycles. The molecule has 178 valence electrons. The van der Waals surface area contributed by atoms with Gasteiger partial charge in [-0.3, -0.25) is 0 Å². The molecular formula is C28H45BO3. The van der Waals surface area contributed by atoms with Crippen molar-refractivity contribution in [2.75, 3.05) is 7.11 Å². The molecule has 3 rings (SSSR count). The second kappa shape index (κ2) is 12.2. The third-order valence-electron chi connectivity index (χ3n) is 7.52. The van der Waals surface area contributed by atoms with Crippen molar-refractivity contribution in [3.63, 3.8) is 0 Å². The standard InChI is InChI=1S/C28H45BO3/c1-22(32-29(24-12-8-6-9-13-24)25-14-10-7-11-15-25)20-27(28(2,3)4)31-21-23-16-18-26(30-5)19-17-23/h16-19,24-25,27H,1,6-15,20-21H2,2-5H3/t27-/m1/s1. The molecule has 2 saturated carbocycles. The van der Waals surface area contributed by atoms with Crippen molar-refractivity contribution in [3.05, 3.63) is 42.2 Å². The summed E-state index contributed by atoms with van der Waals surface area (Å²) in [5.74, 6) is 3.20. The zero-order valence-corrected chi connectivity index (χ0v) is 21.0. The number of hydrogen-bond donors (Lipinski definition) is 0. The molecule has 0 N–H and O–H groups in total. The number of ether oxygens (including phenoxy) is 2. The highest BCUT2D eigenvalue weighted by atomic mass is 16.5. The topological polar surface area (TPSA) is 27.7 Å². The molecule has 0 amide bonds. The first-order valence-electron chi connectivity index (χ1n) is 13.0. The van der Waals surface area contributed by atoms with Crippen molar-refractivity contribution in [2.24, 2.45) is 5.41 Å². The summed E-state index contributed by atoms with van der Waals surface area (Å²) in [5, 5.41) is 0. The molecule has 32 heavy (non-hydrogen) atoms. The van der Waals surface area contributed by atoms with Gasteiger partial charge in [0.15, 0.2) is 0 Å². The van der Waals surface area contributed by atoms with Gasteiger partial charge in [0.2, 0.25) is 0 Å². The maximum atomic E-state index is 6.75. The summed E-state index contributed by atoms with van der Waals surface area (Å²) in [7, 11) is 1.70. The molecule has 0 saturated heterocycles. The van der Waals surface area contributed by atoms with Crippen LogP contribution in [0.3, 0.4) is 0 Å². The summed E-state index contributed by atoms with van der Waals surface area (Å²) in [6, 6.07) is 8.13. The van der Waals surface area contributed by atoms with Crippen LogP contribution in [0.25, 0.3) is 0 Å². The van der Waals surface area contributed by atoms with E-state index in [1.165, 1.54) is 64.2 Å². The summed E-state index contributed by atoms with van der Waals surface area (Å²) in [6.45, 7) is 12.1. The van der Waals surface area contributed by atoms with E-state index in [4.69, 9.17) is 14.1 Å². The van der Waals surface area contributed by atoms with Crippen LogP contribution in [0.15, 0.2) is 36.6 Å². The Bertz CT molecular complexity index is 664. The van der Waals surface area contributed by atoms with Crippen molar-refractivity contribution >= 4 is 6.92 Å². The van der Waals surface area contributed by atoms with Gasteiger partial charge < -0.3 is 14.1 Å². The molecule has 0 radical (unpaired) electrons. The Morgan fingerprint density at radius 1 is 0.938 bits per heavy atom. The van der Waals surface area contributed by atoms with Crippen molar-refractivity contribution in [3.8, 4) is 5.75 Å². The number of benzene rings is 1. The first kappa shape index (κ1) is 25.2. The summed E-state index contributed by atoms with van der Waals surface area (Å²) in [6.07, 6.45) is 14.3. The minimum atomic E-state index is 0.0178. The second-order valence-electron chi connectivity index (χ2n) is 11.1. The third-order valence-corrected chi connectivity index (χ3v) is 7.52.